The first kappa shape index (κ1) is 12.6. The Morgan fingerprint density at radius 3 is 3.24 bits per heavy atom. The third kappa shape index (κ3) is 3.57. The number of carbonyl (C=O) groups is 1. The van der Waals surface area contributed by atoms with Crippen molar-refractivity contribution in [1.29, 1.82) is 0 Å². The van der Waals surface area contributed by atoms with Gasteiger partial charge >= 0.3 is 0 Å². The van der Waals surface area contributed by atoms with Crippen molar-refractivity contribution < 1.29 is 4.79 Å². The van der Waals surface area contributed by atoms with Crippen LogP contribution in [0.2, 0.25) is 0 Å². The third-order valence-corrected chi connectivity index (χ3v) is 4.24. The average Bonchev–Trinajstić information content (AvgIpc) is 2.34. The molecule has 1 aliphatic heterocycles. The van der Waals surface area contributed by atoms with Crippen molar-refractivity contribution in [1.82, 2.24) is 0 Å². The Balaban J connectivity index is 1.95. The first-order valence-corrected chi connectivity index (χ1v) is 7.97. The molecular formula is C12H16N2OS2. The molecule has 0 aromatic heterocycles. The van der Waals surface area contributed by atoms with E-state index in [-0.39, 0.29) is 5.91 Å². The van der Waals surface area contributed by atoms with E-state index in [4.69, 9.17) is 0 Å². The van der Waals surface area contributed by atoms with Gasteiger partial charge in [-0.1, -0.05) is 0 Å². The zero-order chi connectivity index (χ0) is 12.1. The van der Waals surface area contributed by atoms with E-state index in [1.807, 2.05) is 17.8 Å². The summed E-state index contributed by atoms with van der Waals surface area (Å²) < 4.78 is 0. The van der Waals surface area contributed by atoms with E-state index in [0.717, 1.165) is 29.2 Å². The lowest BCUT2D eigenvalue weighted by atomic mass is 10.2. The third-order valence-electron chi connectivity index (χ3n) is 2.47. The van der Waals surface area contributed by atoms with Crippen LogP contribution in [0.15, 0.2) is 23.1 Å². The topological polar surface area (TPSA) is 41.1 Å². The minimum absolute atomic E-state index is 0.0852. The summed E-state index contributed by atoms with van der Waals surface area (Å²) in [7, 11) is 0. The Labute approximate surface area is 110 Å². The van der Waals surface area contributed by atoms with Gasteiger partial charge < -0.3 is 10.6 Å². The second-order valence-corrected chi connectivity index (χ2v) is 5.82. The van der Waals surface area contributed by atoms with Gasteiger partial charge in [0, 0.05) is 17.1 Å². The van der Waals surface area contributed by atoms with Gasteiger partial charge in [0.15, 0.2) is 0 Å². The molecule has 0 unspecified atom stereocenters. The number of fused-ring (bicyclic) bond motifs is 1. The lowest BCUT2D eigenvalue weighted by Gasteiger charge is -2.17. The minimum atomic E-state index is 0.0852. The highest BCUT2D eigenvalue weighted by atomic mass is 32.2. The van der Waals surface area contributed by atoms with Crippen LogP contribution in [0.25, 0.3) is 0 Å². The Bertz CT molecular complexity index is 409. The summed E-state index contributed by atoms with van der Waals surface area (Å²) in [6.45, 7) is 0.973. The van der Waals surface area contributed by atoms with Gasteiger partial charge in [-0.3, -0.25) is 4.79 Å². The van der Waals surface area contributed by atoms with E-state index in [0.29, 0.717) is 5.75 Å². The fourth-order valence-electron chi connectivity index (χ4n) is 1.64. The van der Waals surface area contributed by atoms with Gasteiger partial charge in [0.2, 0.25) is 5.91 Å². The Morgan fingerprint density at radius 1 is 1.53 bits per heavy atom. The highest BCUT2D eigenvalue weighted by Gasteiger charge is 2.15. The van der Waals surface area contributed by atoms with Gasteiger partial charge in [-0.05, 0) is 36.6 Å². The maximum absolute atomic E-state index is 11.3. The first-order valence-electron chi connectivity index (χ1n) is 5.59. The molecule has 1 amide bonds. The van der Waals surface area contributed by atoms with Crippen molar-refractivity contribution in [2.45, 2.75) is 11.3 Å². The second-order valence-electron chi connectivity index (χ2n) is 3.82. The van der Waals surface area contributed by atoms with Crippen LogP contribution in [-0.4, -0.2) is 30.2 Å². The van der Waals surface area contributed by atoms with Gasteiger partial charge in [0.25, 0.3) is 0 Å². The summed E-state index contributed by atoms with van der Waals surface area (Å²) in [5, 5.41) is 6.27. The summed E-state index contributed by atoms with van der Waals surface area (Å²) in [5.74, 6) is 1.78. The van der Waals surface area contributed by atoms with Crippen LogP contribution in [0.4, 0.5) is 11.4 Å². The van der Waals surface area contributed by atoms with E-state index in [2.05, 4.69) is 29.0 Å². The SMILES string of the molecule is CSCCCNc1ccc2c(c1)NC(=O)CS2. The van der Waals surface area contributed by atoms with Crippen molar-refractivity contribution in [3.63, 3.8) is 0 Å². The van der Waals surface area contributed by atoms with Crippen molar-refractivity contribution in [3.8, 4) is 0 Å². The molecule has 0 saturated carbocycles. The molecule has 17 heavy (non-hydrogen) atoms. The molecule has 92 valence electrons. The largest absolute Gasteiger partial charge is 0.385 e. The van der Waals surface area contributed by atoms with Crippen LogP contribution in [0.3, 0.4) is 0 Å². The molecule has 2 N–H and O–H groups in total. The molecule has 0 fully saturated rings. The van der Waals surface area contributed by atoms with Crippen LogP contribution >= 0.6 is 23.5 Å². The molecule has 0 saturated heterocycles. The van der Waals surface area contributed by atoms with Crippen LogP contribution in [-0.2, 0) is 4.79 Å². The number of benzene rings is 1. The summed E-state index contributed by atoms with van der Waals surface area (Å²) in [6, 6.07) is 6.15. The highest BCUT2D eigenvalue weighted by Crippen LogP contribution is 2.33. The summed E-state index contributed by atoms with van der Waals surface area (Å²) in [5.41, 5.74) is 2.01. The van der Waals surface area contributed by atoms with Crippen molar-refractivity contribution >= 4 is 40.8 Å². The van der Waals surface area contributed by atoms with E-state index in [9.17, 15) is 4.79 Å². The highest BCUT2D eigenvalue weighted by molar-refractivity contribution is 8.00. The van der Waals surface area contributed by atoms with E-state index < -0.39 is 0 Å². The Kier molecular flexibility index (Phi) is 4.62. The predicted molar refractivity (Wildman–Crippen MR) is 77.3 cm³/mol. The van der Waals surface area contributed by atoms with Gasteiger partial charge in [-0.15, -0.1) is 11.8 Å². The first-order chi connectivity index (χ1) is 8.29. The number of hydrogen-bond acceptors (Lipinski definition) is 4. The smallest absolute Gasteiger partial charge is 0.234 e. The lowest BCUT2D eigenvalue weighted by molar-refractivity contribution is -0.113. The second kappa shape index (κ2) is 6.21. The molecule has 1 heterocycles. The molecular weight excluding hydrogens is 252 g/mol. The number of carbonyl (C=O) groups excluding carboxylic acids is 1. The maximum atomic E-state index is 11.3. The number of amides is 1. The molecule has 0 radical (unpaired) electrons. The zero-order valence-corrected chi connectivity index (χ0v) is 11.4. The van der Waals surface area contributed by atoms with Crippen molar-refractivity contribution in [3.05, 3.63) is 18.2 Å². The van der Waals surface area contributed by atoms with Crippen LogP contribution in [0.1, 0.15) is 6.42 Å². The van der Waals surface area contributed by atoms with Gasteiger partial charge in [-0.25, -0.2) is 0 Å². The predicted octanol–water partition coefficient (Wildman–Crippen LogP) is 2.90. The number of rotatable bonds is 5. The van der Waals surface area contributed by atoms with Crippen molar-refractivity contribution in [2.24, 2.45) is 0 Å². The number of nitrogens with one attached hydrogen (secondary N) is 2. The van der Waals surface area contributed by atoms with Gasteiger partial charge in [-0.2, -0.15) is 11.8 Å². The van der Waals surface area contributed by atoms with E-state index in [1.54, 1.807) is 11.8 Å². The quantitative estimate of drug-likeness (QED) is 0.806. The summed E-state index contributed by atoms with van der Waals surface area (Å²) in [6.07, 6.45) is 3.27. The lowest BCUT2D eigenvalue weighted by Crippen LogP contribution is -2.18. The number of anilines is 2. The molecule has 2 rings (SSSR count). The van der Waals surface area contributed by atoms with Crippen molar-refractivity contribution in [2.75, 3.05) is 34.9 Å². The van der Waals surface area contributed by atoms with E-state index in [1.165, 1.54) is 5.75 Å². The van der Waals surface area contributed by atoms with Gasteiger partial charge in [0.1, 0.15) is 0 Å². The van der Waals surface area contributed by atoms with Crippen LogP contribution in [0, 0.1) is 0 Å². The molecule has 5 heteroatoms. The molecule has 3 nitrogen and oxygen atoms in total. The molecule has 1 aliphatic rings. The molecule has 1 aromatic rings. The minimum Gasteiger partial charge on any atom is -0.385 e. The fourth-order valence-corrected chi connectivity index (χ4v) is 2.86. The number of hydrogen-bond donors (Lipinski definition) is 2. The van der Waals surface area contributed by atoms with Crippen LogP contribution in [0.5, 0.6) is 0 Å². The molecule has 0 bridgehead atoms. The summed E-state index contributed by atoms with van der Waals surface area (Å²) in [4.78, 5) is 12.4. The standard InChI is InChI=1S/C12H16N2OS2/c1-16-6-2-5-13-9-3-4-11-10(7-9)14-12(15)8-17-11/h3-4,7,13H,2,5-6,8H2,1H3,(H,14,15). The molecule has 1 aromatic carbocycles. The zero-order valence-electron chi connectivity index (χ0n) is 9.79. The van der Waals surface area contributed by atoms with Crippen LogP contribution < -0.4 is 10.6 Å². The maximum Gasteiger partial charge on any atom is 0.234 e. The number of thioether (sulfide) groups is 2. The Morgan fingerprint density at radius 2 is 2.41 bits per heavy atom. The molecule has 0 aliphatic carbocycles. The normalized spacial score (nSPS) is 14.1. The molecule has 0 atom stereocenters. The molecule has 0 spiro atoms. The fraction of sp³-hybridized carbons (Fsp3) is 0.417. The van der Waals surface area contributed by atoms with E-state index >= 15 is 0 Å². The summed E-state index contributed by atoms with van der Waals surface area (Å²) >= 11 is 3.45. The Hall–Kier alpha value is -0.810. The van der Waals surface area contributed by atoms with Gasteiger partial charge in [0.05, 0.1) is 11.4 Å². The monoisotopic (exact) mass is 268 g/mol. The average molecular weight is 268 g/mol.